The second-order valence-corrected chi connectivity index (χ2v) is 9.17. The number of amides is 2. The minimum Gasteiger partial charge on any atom is -0.445 e. The standard InChI is InChI=1S/C23H36N2O5/c1-23(2,3)30-21(27)24-19(14-17-10-12-20(26)13-11-17)15-25(4)22(28)29-16-18-8-6-5-7-9-18/h5-9,17,19-20,26H,10-16H2,1-4H3,(H,24,27)/t17-,19-,20+/m0/s1. The highest BCUT2D eigenvalue weighted by Crippen LogP contribution is 2.28. The third kappa shape index (κ3) is 9.03. The van der Waals surface area contributed by atoms with Crippen molar-refractivity contribution in [1.82, 2.24) is 10.2 Å². The molecule has 30 heavy (non-hydrogen) atoms. The van der Waals surface area contributed by atoms with Gasteiger partial charge in [0.05, 0.1) is 12.1 Å². The highest BCUT2D eigenvalue weighted by molar-refractivity contribution is 5.69. The van der Waals surface area contributed by atoms with Gasteiger partial charge in [-0.3, -0.25) is 0 Å². The highest BCUT2D eigenvalue weighted by Gasteiger charge is 2.27. The molecule has 2 rings (SSSR count). The number of ether oxygens (including phenoxy) is 2. The largest absolute Gasteiger partial charge is 0.445 e. The first-order chi connectivity index (χ1) is 14.1. The van der Waals surface area contributed by atoms with Crippen LogP contribution < -0.4 is 5.32 Å². The van der Waals surface area contributed by atoms with Crippen LogP contribution in [0, 0.1) is 5.92 Å². The minimum atomic E-state index is -0.593. The van der Waals surface area contributed by atoms with Crippen molar-refractivity contribution in [3.63, 3.8) is 0 Å². The number of carbonyl (C=O) groups is 2. The zero-order valence-corrected chi connectivity index (χ0v) is 18.6. The van der Waals surface area contributed by atoms with Crippen molar-refractivity contribution in [1.29, 1.82) is 0 Å². The van der Waals surface area contributed by atoms with E-state index in [0.29, 0.717) is 12.5 Å². The molecule has 0 aliphatic heterocycles. The lowest BCUT2D eigenvalue weighted by molar-refractivity contribution is 0.0462. The molecule has 1 atom stereocenters. The van der Waals surface area contributed by atoms with Crippen molar-refractivity contribution < 1.29 is 24.2 Å². The molecule has 168 valence electrons. The molecule has 1 aromatic rings. The zero-order valence-electron chi connectivity index (χ0n) is 18.6. The predicted molar refractivity (Wildman–Crippen MR) is 115 cm³/mol. The summed E-state index contributed by atoms with van der Waals surface area (Å²) in [7, 11) is 1.67. The molecule has 2 N–H and O–H groups in total. The molecule has 1 saturated carbocycles. The Morgan fingerprint density at radius 3 is 2.40 bits per heavy atom. The number of alkyl carbamates (subject to hydrolysis) is 1. The van der Waals surface area contributed by atoms with Crippen molar-refractivity contribution in [2.75, 3.05) is 13.6 Å². The Hall–Kier alpha value is -2.28. The maximum Gasteiger partial charge on any atom is 0.409 e. The smallest absolute Gasteiger partial charge is 0.409 e. The van der Waals surface area contributed by atoms with E-state index >= 15 is 0 Å². The number of nitrogens with zero attached hydrogens (tertiary/aromatic N) is 1. The quantitative estimate of drug-likeness (QED) is 0.694. The van der Waals surface area contributed by atoms with E-state index in [1.54, 1.807) is 7.05 Å². The van der Waals surface area contributed by atoms with Crippen molar-refractivity contribution in [3.8, 4) is 0 Å². The second-order valence-electron chi connectivity index (χ2n) is 9.17. The molecule has 2 amide bonds. The Morgan fingerprint density at radius 2 is 1.80 bits per heavy atom. The van der Waals surface area contributed by atoms with Gasteiger partial charge in [-0.1, -0.05) is 30.3 Å². The Kier molecular flexibility index (Phi) is 8.96. The number of hydrogen-bond acceptors (Lipinski definition) is 5. The van der Waals surface area contributed by atoms with E-state index < -0.39 is 17.8 Å². The molecule has 7 heteroatoms. The summed E-state index contributed by atoms with van der Waals surface area (Å²) >= 11 is 0. The predicted octanol–water partition coefficient (Wildman–Crippen LogP) is 4.09. The number of likely N-dealkylation sites (N-methyl/N-ethyl adjacent to an activating group) is 1. The van der Waals surface area contributed by atoms with Crippen molar-refractivity contribution in [2.24, 2.45) is 5.92 Å². The zero-order chi connectivity index (χ0) is 22.1. The van der Waals surface area contributed by atoms with Crippen LogP contribution in [0.25, 0.3) is 0 Å². The molecular weight excluding hydrogens is 384 g/mol. The van der Waals surface area contributed by atoms with Crippen molar-refractivity contribution >= 4 is 12.2 Å². The average molecular weight is 421 g/mol. The van der Waals surface area contributed by atoms with Gasteiger partial charge in [-0.2, -0.15) is 0 Å². The van der Waals surface area contributed by atoms with E-state index in [1.165, 1.54) is 4.90 Å². The van der Waals surface area contributed by atoms with Crippen LogP contribution in [0.1, 0.15) is 58.4 Å². The molecule has 1 fully saturated rings. The Balaban J connectivity index is 1.92. The fourth-order valence-corrected chi connectivity index (χ4v) is 3.67. The molecule has 0 heterocycles. The molecule has 0 unspecified atom stereocenters. The minimum absolute atomic E-state index is 0.203. The molecule has 7 nitrogen and oxygen atoms in total. The summed E-state index contributed by atoms with van der Waals surface area (Å²) < 4.78 is 10.8. The van der Waals surface area contributed by atoms with Gasteiger partial charge in [0.15, 0.2) is 0 Å². The lowest BCUT2D eigenvalue weighted by Gasteiger charge is -2.31. The van der Waals surface area contributed by atoms with Crippen LogP contribution in [-0.2, 0) is 16.1 Å². The number of rotatable bonds is 7. The molecule has 1 aromatic carbocycles. The number of hydrogen-bond donors (Lipinski definition) is 2. The lowest BCUT2D eigenvalue weighted by atomic mass is 9.83. The van der Waals surface area contributed by atoms with E-state index in [2.05, 4.69) is 5.32 Å². The Morgan fingerprint density at radius 1 is 1.17 bits per heavy atom. The van der Waals surface area contributed by atoms with E-state index in [4.69, 9.17) is 9.47 Å². The van der Waals surface area contributed by atoms with Crippen LogP contribution in [0.3, 0.4) is 0 Å². The van der Waals surface area contributed by atoms with Gasteiger partial charge in [0.2, 0.25) is 0 Å². The van der Waals surface area contributed by atoms with Gasteiger partial charge in [-0.25, -0.2) is 9.59 Å². The molecule has 0 radical (unpaired) electrons. The van der Waals surface area contributed by atoms with E-state index in [-0.39, 0.29) is 18.8 Å². The molecule has 0 bridgehead atoms. The highest BCUT2D eigenvalue weighted by atomic mass is 16.6. The average Bonchev–Trinajstić information content (AvgIpc) is 2.67. The van der Waals surface area contributed by atoms with Gasteiger partial charge in [0, 0.05) is 13.6 Å². The topological polar surface area (TPSA) is 88.1 Å². The molecule has 1 aliphatic rings. The normalized spacial score (nSPS) is 20.2. The van der Waals surface area contributed by atoms with Crippen LogP contribution in [0.5, 0.6) is 0 Å². The SMILES string of the molecule is CN(C[C@H](C[C@H]1CC[C@@H](O)CC1)NC(=O)OC(C)(C)C)C(=O)OCc1ccccc1. The van der Waals surface area contributed by atoms with Gasteiger partial charge in [-0.15, -0.1) is 0 Å². The first-order valence-electron chi connectivity index (χ1n) is 10.7. The summed E-state index contributed by atoms with van der Waals surface area (Å²) in [6.07, 6.45) is 2.95. The molecule has 0 saturated heterocycles. The Bertz CT molecular complexity index is 666. The van der Waals surface area contributed by atoms with Gasteiger partial charge >= 0.3 is 12.2 Å². The van der Waals surface area contributed by atoms with E-state index in [0.717, 1.165) is 37.7 Å². The molecule has 0 spiro atoms. The van der Waals surface area contributed by atoms with Crippen molar-refractivity contribution in [2.45, 2.75) is 77.2 Å². The van der Waals surface area contributed by atoms with Crippen LogP contribution in [0.2, 0.25) is 0 Å². The molecule has 1 aliphatic carbocycles. The number of carbonyl (C=O) groups excluding carboxylic acids is 2. The molecular formula is C23H36N2O5. The first-order valence-corrected chi connectivity index (χ1v) is 10.7. The number of benzene rings is 1. The molecule has 0 aromatic heterocycles. The monoisotopic (exact) mass is 420 g/mol. The van der Waals surface area contributed by atoms with Crippen LogP contribution in [0.4, 0.5) is 9.59 Å². The van der Waals surface area contributed by atoms with Crippen LogP contribution >= 0.6 is 0 Å². The summed E-state index contributed by atoms with van der Waals surface area (Å²) in [5, 5.41) is 12.7. The van der Waals surface area contributed by atoms with Gasteiger partial charge < -0.3 is 24.8 Å². The van der Waals surface area contributed by atoms with Crippen molar-refractivity contribution in [3.05, 3.63) is 35.9 Å². The maximum absolute atomic E-state index is 12.4. The summed E-state index contributed by atoms with van der Waals surface area (Å²) in [5.74, 6) is 0.391. The summed E-state index contributed by atoms with van der Waals surface area (Å²) in [6, 6.07) is 9.25. The van der Waals surface area contributed by atoms with Crippen LogP contribution in [0.15, 0.2) is 30.3 Å². The van der Waals surface area contributed by atoms with Crippen LogP contribution in [-0.4, -0.2) is 53.5 Å². The van der Waals surface area contributed by atoms with E-state index in [9.17, 15) is 14.7 Å². The summed E-state index contributed by atoms with van der Waals surface area (Å²) in [6.45, 7) is 5.98. The van der Waals surface area contributed by atoms with Gasteiger partial charge in [0.1, 0.15) is 12.2 Å². The first kappa shape index (κ1) is 24.0. The fourth-order valence-electron chi connectivity index (χ4n) is 3.67. The number of aliphatic hydroxyl groups excluding tert-OH is 1. The summed E-state index contributed by atoms with van der Waals surface area (Å²) in [5.41, 5.74) is 0.327. The van der Waals surface area contributed by atoms with Gasteiger partial charge in [-0.05, 0) is 64.4 Å². The third-order valence-corrected chi connectivity index (χ3v) is 5.17. The third-order valence-electron chi connectivity index (χ3n) is 5.17. The maximum atomic E-state index is 12.4. The summed E-state index contributed by atoms with van der Waals surface area (Å²) in [4.78, 5) is 26.2. The number of aliphatic hydroxyl groups is 1. The fraction of sp³-hybridized carbons (Fsp3) is 0.652. The lowest BCUT2D eigenvalue weighted by Crippen LogP contribution is -2.47. The Labute approximate surface area is 179 Å². The second kappa shape index (κ2) is 11.2. The van der Waals surface area contributed by atoms with E-state index in [1.807, 2.05) is 51.1 Å². The van der Waals surface area contributed by atoms with Gasteiger partial charge in [0.25, 0.3) is 0 Å². The number of nitrogens with one attached hydrogen (secondary N) is 1.